The number of rotatable bonds is 8. The van der Waals surface area contributed by atoms with Gasteiger partial charge in [0.05, 0.1) is 12.1 Å². The molecule has 0 bridgehead atoms. The summed E-state index contributed by atoms with van der Waals surface area (Å²) in [5.74, 6) is 1.34. The van der Waals surface area contributed by atoms with E-state index in [1.807, 2.05) is 34.6 Å². The standard InChI is InChI=1S/C20H41N5O2.HI/c1-8-21-17(22-13-16(2)14-25-11-9-10-12-25)23-15-20(6,7)24-18(26)27-19(3,4)5;/h16H,8-15H2,1-7H3,(H,24,26)(H2,21,22,23);1H. The first kappa shape index (κ1) is 27.2. The number of amides is 1. The number of nitrogens with one attached hydrogen (secondary N) is 3. The zero-order valence-corrected chi connectivity index (χ0v) is 21.2. The molecule has 1 unspecified atom stereocenters. The molecule has 1 saturated heterocycles. The summed E-state index contributed by atoms with van der Waals surface area (Å²) in [5, 5.41) is 9.60. The van der Waals surface area contributed by atoms with Crippen LogP contribution in [0.3, 0.4) is 0 Å². The molecule has 0 aromatic carbocycles. The van der Waals surface area contributed by atoms with E-state index in [0.717, 1.165) is 25.6 Å². The average Bonchev–Trinajstić information content (AvgIpc) is 3.00. The Morgan fingerprint density at radius 2 is 1.75 bits per heavy atom. The van der Waals surface area contributed by atoms with Gasteiger partial charge in [-0.2, -0.15) is 0 Å². The van der Waals surface area contributed by atoms with Crippen LogP contribution in [0.1, 0.15) is 61.3 Å². The minimum atomic E-state index is -0.509. The van der Waals surface area contributed by atoms with Gasteiger partial charge >= 0.3 is 6.09 Å². The van der Waals surface area contributed by atoms with Crippen molar-refractivity contribution in [2.75, 3.05) is 39.3 Å². The Bertz CT molecular complexity index is 485. The molecule has 1 aliphatic heterocycles. The van der Waals surface area contributed by atoms with Crippen LogP contribution in [0.2, 0.25) is 0 Å². The van der Waals surface area contributed by atoms with Crippen LogP contribution in [-0.4, -0.2) is 67.4 Å². The molecule has 0 aliphatic carbocycles. The van der Waals surface area contributed by atoms with Gasteiger partial charge in [0.1, 0.15) is 5.60 Å². The van der Waals surface area contributed by atoms with Crippen LogP contribution >= 0.6 is 24.0 Å². The molecule has 8 heteroatoms. The minimum absolute atomic E-state index is 0. The number of guanidine groups is 1. The fourth-order valence-electron chi connectivity index (χ4n) is 2.98. The topological polar surface area (TPSA) is 78.0 Å². The molecule has 0 aromatic rings. The fourth-order valence-corrected chi connectivity index (χ4v) is 2.98. The van der Waals surface area contributed by atoms with Crippen LogP contribution in [0.5, 0.6) is 0 Å². The third-order valence-electron chi connectivity index (χ3n) is 4.20. The van der Waals surface area contributed by atoms with Crippen molar-refractivity contribution >= 4 is 36.0 Å². The van der Waals surface area contributed by atoms with Crippen LogP contribution in [0.15, 0.2) is 4.99 Å². The monoisotopic (exact) mass is 511 g/mol. The van der Waals surface area contributed by atoms with Crippen LogP contribution in [0.25, 0.3) is 0 Å². The lowest BCUT2D eigenvalue weighted by Crippen LogP contribution is -2.49. The van der Waals surface area contributed by atoms with Gasteiger partial charge in [0.15, 0.2) is 5.96 Å². The van der Waals surface area contributed by atoms with E-state index in [1.54, 1.807) is 0 Å². The minimum Gasteiger partial charge on any atom is -0.444 e. The normalized spacial score (nSPS) is 16.9. The number of carbonyl (C=O) groups excluding carboxylic acids is 1. The van der Waals surface area contributed by atoms with Crippen molar-refractivity contribution in [1.82, 2.24) is 20.9 Å². The highest BCUT2D eigenvalue weighted by atomic mass is 127. The summed E-state index contributed by atoms with van der Waals surface area (Å²) in [5.41, 5.74) is -1.00. The molecule has 3 N–H and O–H groups in total. The van der Waals surface area contributed by atoms with Crippen molar-refractivity contribution in [3.8, 4) is 0 Å². The molecule has 1 aliphatic rings. The highest BCUT2D eigenvalue weighted by Gasteiger charge is 2.24. The average molecular weight is 511 g/mol. The summed E-state index contributed by atoms with van der Waals surface area (Å²) in [6, 6.07) is 0. The summed E-state index contributed by atoms with van der Waals surface area (Å²) >= 11 is 0. The Morgan fingerprint density at radius 1 is 1.14 bits per heavy atom. The van der Waals surface area contributed by atoms with E-state index >= 15 is 0 Å². The van der Waals surface area contributed by atoms with E-state index < -0.39 is 17.2 Å². The van der Waals surface area contributed by atoms with Crippen LogP contribution in [0, 0.1) is 5.92 Å². The molecule has 28 heavy (non-hydrogen) atoms. The fraction of sp³-hybridized carbons (Fsp3) is 0.900. The summed E-state index contributed by atoms with van der Waals surface area (Å²) in [6.45, 7) is 19.5. The highest BCUT2D eigenvalue weighted by Crippen LogP contribution is 2.11. The van der Waals surface area contributed by atoms with Gasteiger partial charge in [-0.3, -0.25) is 4.99 Å². The maximum absolute atomic E-state index is 12.0. The predicted molar refractivity (Wildman–Crippen MR) is 128 cm³/mol. The molecule has 0 aromatic heterocycles. The Morgan fingerprint density at radius 3 is 2.29 bits per heavy atom. The SMILES string of the molecule is CCNC(=NCC(C)(C)NC(=O)OC(C)(C)C)NCC(C)CN1CCCC1.I. The lowest BCUT2D eigenvalue weighted by atomic mass is 10.1. The third kappa shape index (κ3) is 12.6. The number of halogens is 1. The molecule has 0 saturated carbocycles. The molecule has 1 heterocycles. The van der Waals surface area contributed by atoms with Gasteiger partial charge in [-0.05, 0) is 73.4 Å². The summed E-state index contributed by atoms with van der Waals surface area (Å²) in [6.07, 6.45) is 2.23. The molecule has 1 rings (SSSR count). The number of nitrogens with zero attached hydrogens (tertiary/aromatic N) is 2. The van der Waals surface area contributed by atoms with Crippen LogP contribution < -0.4 is 16.0 Å². The Kier molecular flexibility index (Phi) is 12.4. The maximum Gasteiger partial charge on any atom is 0.408 e. The number of carbonyl (C=O) groups is 1. The van der Waals surface area contributed by atoms with E-state index in [2.05, 4.69) is 39.7 Å². The summed E-state index contributed by atoms with van der Waals surface area (Å²) in [4.78, 5) is 19.2. The predicted octanol–water partition coefficient (Wildman–Crippen LogP) is 3.19. The van der Waals surface area contributed by atoms with Crippen molar-refractivity contribution in [2.45, 2.75) is 72.4 Å². The van der Waals surface area contributed by atoms with Gasteiger partial charge in [-0.1, -0.05) is 6.92 Å². The molecular weight excluding hydrogens is 469 g/mol. The first-order chi connectivity index (χ1) is 12.5. The van der Waals surface area contributed by atoms with Gasteiger partial charge in [0.2, 0.25) is 0 Å². The molecule has 0 spiro atoms. The number of likely N-dealkylation sites (tertiary alicyclic amines) is 1. The van der Waals surface area contributed by atoms with E-state index in [0.29, 0.717) is 12.5 Å². The van der Waals surface area contributed by atoms with Gasteiger partial charge in [0, 0.05) is 19.6 Å². The van der Waals surface area contributed by atoms with Gasteiger partial charge in [-0.25, -0.2) is 4.79 Å². The molecule has 1 fully saturated rings. The quantitative estimate of drug-likeness (QED) is 0.265. The molecule has 1 amide bonds. The van der Waals surface area contributed by atoms with Gasteiger partial charge in [0.25, 0.3) is 0 Å². The maximum atomic E-state index is 12.0. The number of hydrogen-bond donors (Lipinski definition) is 3. The van der Waals surface area contributed by atoms with E-state index in [1.165, 1.54) is 25.9 Å². The third-order valence-corrected chi connectivity index (χ3v) is 4.20. The Hall–Kier alpha value is -0.770. The zero-order valence-electron chi connectivity index (χ0n) is 18.9. The second kappa shape index (κ2) is 12.7. The first-order valence-electron chi connectivity index (χ1n) is 10.3. The van der Waals surface area contributed by atoms with Crippen molar-refractivity contribution in [3.63, 3.8) is 0 Å². The molecular formula is C20H42IN5O2. The molecule has 1 atom stereocenters. The number of alkyl carbamates (subject to hydrolysis) is 1. The number of aliphatic imine (C=N–C) groups is 1. The summed E-state index contributed by atoms with van der Waals surface area (Å²) < 4.78 is 5.34. The smallest absolute Gasteiger partial charge is 0.408 e. The van der Waals surface area contributed by atoms with Crippen LogP contribution in [0.4, 0.5) is 4.79 Å². The Labute approximate surface area is 188 Å². The largest absolute Gasteiger partial charge is 0.444 e. The highest BCUT2D eigenvalue weighted by molar-refractivity contribution is 14.0. The Balaban J connectivity index is 0.00000729. The summed E-state index contributed by atoms with van der Waals surface area (Å²) in [7, 11) is 0. The van der Waals surface area contributed by atoms with Crippen molar-refractivity contribution in [2.24, 2.45) is 10.9 Å². The van der Waals surface area contributed by atoms with E-state index in [-0.39, 0.29) is 24.0 Å². The van der Waals surface area contributed by atoms with Crippen LogP contribution in [-0.2, 0) is 4.74 Å². The van der Waals surface area contributed by atoms with E-state index in [4.69, 9.17) is 4.74 Å². The first-order valence-corrected chi connectivity index (χ1v) is 10.3. The lowest BCUT2D eigenvalue weighted by Gasteiger charge is -2.28. The van der Waals surface area contributed by atoms with Crippen molar-refractivity contribution < 1.29 is 9.53 Å². The van der Waals surface area contributed by atoms with Gasteiger partial charge < -0.3 is 25.6 Å². The second-order valence-electron chi connectivity index (χ2n) is 9.20. The van der Waals surface area contributed by atoms with Crippen molar-refractivity contribution in [1.29, 1.82) is 0 Å². The molecule has 0 radical (unpaired) electrons. The second-order valence-corrected chi connectivity index (χ2v) is 9.20. The lowest BCUT2D eigenvalue weighted by molar-refractivity contribution is 0.0476. The van der Waals surface area contributed by atoms with Crippen molar-refractivity contribution in [3.05, 3.63) is 0 Å². The number of ether oxygens (including phenoxy) is 1. The number of hydrogen-bond acceptors (Lipinski definition) is 4. The molecule has 166 valence electrons. The van der Waals surface area contributed by atoms with E-state index in [9.17, 15) is 4.79 Å². The zero-order chi connectivity index (χ0) is 20.5. The van der Waals surface area contributed by atoms with Gasteiger partial charge in [-0.15, -0.1) is 24.0 Å². The molecule has 7 nitrogen and oxygen atoms in total.